The molecule has 0 unspecified atom stereocenters. The number of aryl methyl sites for hydroxylation is 2. The first-order valence-corrected chi connectivity index (χ1v) is 9.43. The molecule has 0 radical (unpaired) electrons. The molecule has 0 atom stereocenters. The Morgan fingerprint density at radius 3 is 2.39 bits per heavy atom. The zero-order valence-electron chi connectivity index (χ0n) is 13.4. The summed E-state index contributed by atoms with van der Waals surface area (Å²) in [7, 11) is 0. The number of rotatable bonds is 5. The molecule has 23 heavy (non-hydrogen) atoms. The van der Waals surface area contributed by atoms with Crippen LogP contribution in [0, 0.1) is 0 Å². The number of fused-ring (bicyclic) bond motifs is 1. The largest absolute Gasteiger partial charge is 0.494 e. The molecule has 3 rings (SSSR count). The summed E-state index contributed by atoms with van der Waals surface area (Å²) in [6.45, 7) is 6.56. The number of aromatic amines is 1. The molecule has 3 N–H and O–H groups in total. The fraction of sp³-hybridized carbons (Fsp3) is 0.353. The standard InChI is InChI=1S/C17H20N2O2S2/c1-4-9-7-12-15(11(6-3)10(9)5-2)19-17(22-12)23-13-8-14(20)18-16(13)21/h7-8,18,20-21H,4-6H2,1-3H3. The lowest BCUT2D eigenvalue weighted by Gasteiger charge is -2.12. The number of H-pyrrole nitrogens is 1. The van der Waals surface area contributed by atoms with Crippen molar-refractivity contribution < 1.29 is 10.2 Å². The molecule has 0 saturated heterocycles. The minimum atomic E-state index is -0.0399. The quantitative estimate of drug-likeness (QED) is 0.615. The van der Waals surface area contributed by atoms with Gasteiger partial charge in [0.2, 0.25) is 5.88 Å². The highest BCUT2D eigenvalue weighted by atomic mass is 32.2. The second-order valence-corrected chi connectivity index (χ2v) is 7.67. The van der Waals surface area contributed by atoms with Crippen LogP contribution in [0.2, 0.25) is 0 Å². The highest BCUT2D eigenvalue weighted by Crippen LogP contribution is 2.41. The third kappa shape index (κ3) is 2.93. The molecule has 0 saturated carbocycles. The maximum absolute atomic E-state index is 9.77. The van der Waals surface area contributed by atoms with Crippen molar-refractivity contribution in [3.05, 3.63) is 28.8 Å². The van der Waals surface area contributed by atoms with Gasteiger partial charge in [0.1, 0.15) is 0 Å². The van der Waals surface area contributed by atoms with E-state index in [9.17, 15) is 10.2 Å². The van der Waals surface area contributed by atoms with Crippen molar-refractivity contribution in [1.82, 2.24) is 9.97 Å². The van der Waals surface area contributed by atoms with Crippen LogP contribution in [0.4, 0.5) is 0 Å². The van der Waals surface area contributed by atoms with E-state index in [1.165, 1.54) is 39.2 Å². The van der Waals surface area contributed by atoms with Crippen molar-refractivity contribution in [3.8, 4) is 11.8 Å². The van der Waals surface area contributed by atoms with Crippen LogP contribution in [-0.2, 0) is 19.3 Å². The van der Waals surface area contributed by atoms with Gasteiger partial charge in [-0.25, -0.2) is 4.98 Å². The predicted molar refractivity (Wildman–Crippen MR) is 96.0 cm³/mol. The second-order valence-electron chi connectivity index (χ2n) is 5.35. The SMILES string of the molecule is CCc1cc2sc(Sc3cc(O)[nH]c3O)nc2c(CC)c1CC. The molecule has 0 spiro atoms. The van der Waals surface area contributed by atoms with Gasteiger partial charge in [-0.3, -0.25) is 4.98 Å². The Hall–Kier alpha value is -1.66. The van der Waals surface area contributed by atoms with Gasteiger partial charge in [0.05, 0.1) is 15.1 Å². The summed E-state index contributed by atoms with van der Waals surface area (Å²) >= 11 is 3.01. The summed E-state index contributed by atoms with van der Waals surface area (Å²) in [5.41, 5.74) is 5.24. The molecular weight excluding hydrogens is 328 g/mol. The molecule has 0 amide bonds. The molecule has 122 valence electrons. The number of nitrogens with one attached hydrogen (secondary N) is 1. The molecule has 2 aromatic heterocycles. The van der Waals surface area contributed by atoms with Crippen molar-refractivity contribution in [2.75, 3.05) is 0 Å². The zero-order valence-corrected chi connectivity index (χ0v) is 15.1. The summed E-state index contributed by atoms with van der Waals surface area (Å²) in [4.78, 5) is 7.86. The molecule has 0 fully saturated rings. The predicted octanol–water partition coefficient (Wildman–Crippen LogP) is 4.87. The van der Waals surface area contributed by atoms with Gasteiger partial charge in [-0.1, -0.05) is 32.5 Å². The highest BCUT2D eigenvalue weighted by molar-refractivity contribution is 8.01. The van der Waals surface area contributed by atoms with Crippen molar-refractivity contribution >= 4 is 33.3 Å². The molecule has 1 aromatic carbocycles. The Morgan fingerprint density at radius 2 is 1.83 bits per heavy atom. The van der Waals surface area contributed by atoms with Gasteiger partial charge in [0, 0.05) is 6.07 Å². The Labute approximate surface area is 143 Å². The summed E-state index contributed by atoms with van der Waals surface area (Å²) in [5.74, 6) is -0.0622. The van der Waals surface area contributed by atoms with Crippen LogP contribution in [0.1, 0.15) is 37.5 Å². The number of thiazole rings is 1. The first-order chi connectivity index (χ1) is 11.1. The van der Waals surface area contributed by atoms with Crippen LogP contribution < -0.4 is 0 Å². The van der Waals surface area contributed by atoms with E-state index in [1.54, 1.807) is 11.3 Å². The number of nitrogens with zero attached hydrogens (tertiary/aromatic N) is 1. The van der Waals surface area contributed by atoms with Crippen LogP contribution >= 0.6 is 23.1 Å². The van der Waals surface area contributed by atoms with Gasteiger partial charge in [-0.15, -0.1) is 11.3 Å². The highest BCUT2D eigenvalue weighted by Gasteiger charge is 2.16. The van der Waals surface area contributed by atoms with Gasteiger partial charge >= 0.3 is 0 Å². The maximum atomic E-state index is 9.77. The monoisotopic (exact) mass is 348 g/mol. The molecule has 3 aromatic rings. The lowest BCUT2D eigenvalue weighted by atomic mass is 9.95. The van der Waals surface area contributed by atoms with Crippen LogP contribution in [-0.4, -0.2) is 20.2 Å². The first-order valence-electron chi connectivity index (χ1n) is 7.80. The fourth-order valence-corrected chi connectivity index (χ4v) is 5.11. The summed E-state index contributed by atoms with van der Waals surface area (Å²) in [6, 6.07) is 3.77. The normalized spacial score (nSPS) is 11.4. The van der Waals surface area contributed by atoms with E-state index >= 15 is 0 Å². The third-order valence-electron chi connectivity index (χ3n) is 4.01. The van der Waals surface area contributed by atoms with Crippen LogP contribution in [0.25, 0.3) is 10.2 Å². The molecule has 0 aliphatic rings. The minimum absolute atomic E-state index is 0.0223. The van der Waals surface area contributed by atoms with Crippen molar-refractivity contribution in [2.45, 2.75) is 49.3 Å². The van der Waals surface area contributed by atoms with Crippen LogP contribution in [0.5, 0.6) is 11.8 Å². The summed E-state index contributed by atoms with van der Waals surface area (Å²) in [5, 5.41) is 19.2. The Morgan fingerprint density at radius 1 is 1.09 bits per heavy atom. The van der Waals surface area contributed by atoms with Crippen molar-refractivity contribution in [2.24, 2.45) is 0 Å². The molecule has 0 aliphatic carbocycles. The maximum Gasteiger partial charge on any atom is 0.205 e. The molecule has 4 nitrogen and oxygen atoms in total. The van der Waals surface area contributed by atoms with Crippen molar-refractivity contribution in [1.29, 1.82) is 0 Å². The second kappa shape index (κ2) is 6.45. The first kappa shape index (κ1) is 16.2. The van der Waals surface area contributed by atoms with Crippen LogP contribution in [0.15, 0.2) is 21.4 Å². The number of benzene rings is 1. The van der Waals surface area contributed by atoms with E-state index in [1.807, 2.05) is 0 Å². The van der Waals surface area contributed by atoms with Crippen LogP contribution in [0.3, 0.4) is 0 Å². The zero-order chi connectivity index (χ0) is 16.6. The number of hydrogen-bond acceptors (Lipinski definition) is 5. The van der Waals surface area contributed by atoms with E-state index in [2.05, 4.69) is 31.8 Å². The average molecular weight is 348 g/mol. The van der Waals surface area contributed by atoms with Gasteiger partial charge in [-0.05, 0) is 42.0 Å². The Kier molecular flexibility index (Phi) is 4.55. The summed E-state index contributed by atoms with van der Waals surface area (Å²) in [6.07, 6.45) is 3.02. The minimum Gasteiger partial charge on any atom is -0.494 e. The number of hydrogen-bond donors (Lipinski definition) is 3. The molecular formula is C17H20N2O2S2. The Bertz CT molecular complexity index is 852. The molecule has 0 aliphatic heterocycles. The topological polar surface area (TPSA) is 69.1 Å². The third-order valence-corrected chi connectivity index (χ3v) is 6.10. The molecule has 2 heterocycles. The fourth-order valence-electron chi connectivity index (χ4n) is 2.97. The van der Waals surface area contributed by atoms with E-state index < -0.39 is 0 Å². The lowest BCUT2D eigenvalue weighted by molar-refractivity contribution is 0.421. The van der Waals surface area contributed by atoms with E-state index in [4.69, 9.17) is 4.98 Å². The number of aromatic nitrogens is 2. The average Bonchev–Trinajstić information content (AvgIpc) is 3.07. The van der Waals surface area contributed by atoms with Gasteiger partial charge in [0.15, 0.2) is 10.2 Å². The van der Waals surface area contributed by atoms with Gasteiger partial charge in [-0.2, -0.15) is 0 Å². The van der Waals surface area contributed by atoms with E-state index in [-0.39, 0.29) is 11.8 Å². The molecule has 0 bridgehead atoms. The van der Waals surface area contributed by atoms with E-state index in [0.717, 1.165) is 29.1 Å². The Balaban J connectivity index is 2.09. The number of aromatic hydroxyl groups is 2. The molecule has 6 heteroatoms. The lowest BCUT2D eigenvalue weighted by Crippen LogP contribution is -1.98. The van der Waals surface area contributed by atoms with Gasteiger partial charge < -0.3 is 10.2 Å². The smallest absolute Gasteiger partial charge is 0.205 e. The van der Waals surface area contributed by atoms with Gasteiger partial charge in [0.25, 0.3) is 0 Å². The van der Waals surface area contributed by atoms with Crippen molar-refractivity contribution in [3.63, 3.8) is 0 Å². The van der Waals surface area contributed by atoms with E-state index in [0.29, 0.717) is 4.90 Å². The summed E-state index contributed by atoms with van der Waals surface area (Å²) < 4.78 is 2.07.